The molecule has 0 saturated heterocycles. The first-order valence-electron chi connectivity index (χ1n) is 7.77. The minimum Gasteiger partial charge on any atom is -0.399 e. The first-order chi connectivity index (χ1) is 12.1. The van der Waals surface area contributed by atoms with Crippen molar-refractivity contribution in [2.45, 2.75) is 0 Å². The van der Waals surface area contributed by atoms with Crippen LogP contribution in [0.5, 0.6) is 0 Å². The van der Waals surface area contributed by atoms with Crippen molar-refractivity contribution in [3.63, 3.8) is 0 Å². The lowest BCUT2D eigenvalue weighted by Gasteiger charge is -2.04. The third kappa shape index (κ3) is 4.23. The monoisotopic (exact) mass is 330 g/mol. The van der Waals surface area contributed by atoms with E-state index in [1.165, 1.54) is 0 Å². The highest BCUT2D eigenvalue weighted by Crippen LogP contribution is 2.21. The molecular formula is C20H18N4O. The number of carbonyl (C=O) groups is 1. The van der Waals surface area contributed by atoms with Crippen LogP contribution in [-0.4, -0.2) is 12.1 Å². The van der Waals surface area contributed by atoms with Crippen LogP contribution in [0.4, 0.5) is 11.4 Å². The summed E-state index contributed by atoms with van der Waals surface area (Å²) in [4.78, 5) is 12.1. The highest BCUT2D eigenvalue weighted by molar-refractivity contribution is 5.95. The lowest BCUT2D eigenvalue weighted by atomic mass is 10.0. The number of hydrogen-bond acceptors (Lipinski definition) is 4. The highest BCUT2D eigenvalue weighted by atomic mass is 16.2. The zero-order chi connectivity index (χ0) is 17.6. The maximum absolute atomic E-state index is 12.1. The van der Waals surface area contributed by atoms with Gasteiger partial charge in [0.05, 0.1) is 6.21 Å². The summed E-state index contributed by atoms with van der Waals surface area (Å²) in [6.45, 7) is 0. The fourth-order valence-electron chi connectivity index (χ4n) is 2.30. The summed E-state index contributed by atoms with van der Waals surface area (Å²) in [5.74, 6) is -0.268. The molecule has 0 aliphatic rings. The van der Waals surface area contributed by atoms with Crippen LogP contribution in [0, 0.1) is 0 Å². The van der Waals surface area contributed by atoms with Crippen molar-refractivity contribution < 1.29 is 4.79 Å². The minimum absolute atomic E-state index is 0.268. The van der Waals surface area contributed by atoms with E-state index in [1.807, 2.05) is 48.5 Å². The largest absolute Gasteiger partial charge is 0.399 e. The van der Waals surface area contributed by atoms with Crippen molar-refractivity contribution in [1.82, 2.24) is 5.43 Å². The fourth-order valence-corrected chi connectivity index (χ4v) is 2.30. The zero-order valence-corrected chi connectivity index (χ0v) is 13.5. The van der Waals surface area contributed by atoms with E-state index in [9.17, 15) is 4.79 Å². The SMILES string of the molecule is Nc1ccc(/C=N/NC(=O)c2ccc(-c3ccc(N)cc3)cc2)cc1. The predicted octanol–water partition coefficient (Wildman–Crippen LogP) is 3.28. The number of nitrogens with two attached hydrogens (primary N) is 2. The van der Waals surface area contributed by atoms with Crippen LogP contribution in [-0.2, 0) is 0 Å². The number of nitrogens with zero attached hydrogens (tertiary/aromatic N) is 1. The molecule has 0 aliphatic carbocycles. The third-order valence-electron chi connectivity index (χ3n) is 3.71. The molecular weight excluding hydrogens is 312 g/mol. The molecule has 3 aromatic rings. The van der Waals surface area contributed by atoms with Gasteiger partial charge in [0.25, 0.3) is 5.91 Å². The topological polar surface area (TPSA) is 93.5 Å². The van der Waals surface area contributed by atoms with Gasteiger partial charge in [-0.15, -0.1) is 0 Å². The molecule has 124 valence electrons. The summed E-state index contributed by atoms with van der Waals surface area (Å²) in [6, 6.07) is 22.1. The van der Waals surface area contributed by atoms with Crippen molar-refractivity contribution >= 4 is 23.5 Å². The quantitative estimate of drug-likeness (QED) is 0.389. The number of hydrogen-bond donors (Lipinski definition) is 3. The smallest absolute Gasteiger partial charge is 0.271 e. The van der Waals surface area contributed by atoms with Crippen LogP contribution < -0.4 is 16.9 Å². The Labute approximate surface area is 146 Å². The third-order valence-corrected chi connectivity index (χ3v) is 3.71. The Morgan fingerprint density at radius 3 is 1.80 bits per heavy atom. The van der Waals surface area contributed by atoms with E-state index in [-0.39, 0.29) is 5.91 Å². The van der Waals surface area contributed by atoms with E-state index in [4.69, 9.17) is 11.5 Å². The van der Waals surface area contributed by atoms with Gasteiger partial charge in [0, 0.05) is 16.9 Å². The number of hydrazone groups is 1. The summed E-state index contributed by atoms with van der Waals surface area (Å²) >= 11 is 0. The first kappa shape index (κ1) is 16.3. The highest BCUT2D eigenvalue weighted by Gasteiger charge is 2.05. The molecule has 0 bridgehead atoms. The summed E-state index contributed by atoms with van der Waals surface area (Å²) in [5, 5.41) is 3.96. The van der Waals surface area contributed by atoms with Gasteiger partial charge in [-0.3, -0.25) is 4.79 Å². The molecule has 0 spiro atoms. The van der Waals surface area contributed by atoms with Crippen molar-refractivity contribution in [3.8, 4) is 11.1 Å². The molecule has 5 N–H and O–H groups in total. The minimum atomic E-state index is -0.268. The van der Waals surface area contributed by atoms with E-state index >= 15 is 0 Å². The van der Waals surface area contributed by atoms with Crippen molar-refractivity contribution in [2.24, 2.45) is 5.10 Å². The summed E-state index contributed by atoms with van der Waals surface area (Å²) in [7, 11) is 0. The lowest BCUT2D eigenvalue weighted by molar-refractivity contribution is 0.0955. The molecule has 0 unspecified atom stereocenters. The number of carbonyl (C=O) groups excluding carboxylic acids is 1. The van der Waals surface area contributed by atoms with Gasteiger partial charge in [0.15, 0.2) is 0 Å². The Morgan fingerprint density at radius 2 is 1.24 bits per heavy atom. The Bertz CT molecular complexity index is 882. The van der Waals surface area contributed by atoms with Crippen molar-refractivity contribution in [3.05, 3.63) is 83.9 Å². The van der Waals surface area contributed by atoms with E-state index in [0.29, 0.717) is 11.3 Å². The Kier molecular flexibility index (Phi) is 4.76. The molecule has 0 fully saturated rings. The predicted molar refractivity (Wildman–Crippen MR) is 102 cm³/mol. The molecule has 5 heteroatoms. The Morgan fingerprint density at radius 1 is 0.760 bits per heavy atom. The summed E-state index contributed by atoms with van der Waals surface area (Å²) in [6.07, 6.45) is 1.57. The molecule has 0 aromatic heterocycles. The number of anilines is 2. The van der Waals surface area contributed by atoms with Crippen molar-refractivity contribution in [1.29, 1.82) is 0 Å². The zero-order valence-electron chi connectivity index (χ0n) is 13.5. The standard InChI is InChI=1S/C20H18N4O/c21-18-9-1-14(2-10-18)13-23-24-20(25)17-5-3-15(4-6-17)16-7-11-19(22)12-8-16/h1-13H,21-22H2,(H,24,25)/b23-13+. The van der Waals surface area contributed by atoms with E-state index in [2.05, 4.69) is 10.5 Å². The van der Waals surface area contributed by atoms with Gasteiger partial charge >= 0.3 is 0 Å². The maximum Gasteiger partial charge on any atom is 0.271 e. The Hall–Kier alpha value is -3.60. The molecule has 0 radical (unpaired) electrons. The summed E-state index contributed by atoms with van der Waals surface area (Å²) in [5.41, 5.74) is 18.7. The van der Waals surface area contributed by atoms with E-state index in [1.54, 1.807) is 30.5 Å². The molecule has 5 nitrogen and oxygen atoms in total. The fraction of sp³-hybridized carbons (Fsp3) is 0. The number of amides is 1. The van der Waals surface area contributed by atoms with Crippen molar-refractivity contribution in [2.75, 3.05) is 11.5 Å². The normalized spacial score (nSPS) is 10.7. The molecule has 3 aromatic carbocycles. The van der Waals surface area contributed by atoms with Gasteiger partial charge in [-0.2, -0.15) is 5.10 Å². The molecule has 0 heterocycles. The van der Waals surface area contributed by atoms with E-state index in [0.717, 1.165) is 22.4 Å². The van der Waals surface area contributed by atoms with Gasteiger partial charge in [-0.05, 0) is 53.1 Å². The van der Waals surface area contributed by atoms with Crippen LogP contribution in [0.25, 0.3) is 11.1 Å². The molecule has 0 aliphatic heterocycles. The van der Waals surface area contributed by atoms with Gasteiger partial charge in [0.2, 0.25) is 0 Å². The van der Waals surface area contributed by atoms with Gasteiger partial charge in [-0.1, -0.05) is 36.4 Å². The summed E-state index contributed by atoms with van der Waals surface area (Å²) < 4.78 is 0. The van der Waals surface area contributed by atoms with Crippen LogP contribution in [0.3, 0.4) is 0 Å². The van der Waals surface area contributed by atoms with Gasteiger partial charge in [-0.25, -0.2) is 5.43 Å². The van der Waals surface area contributed by atoms with Crippen LogP contribution in [0.2, 0.25) is 0 Å². The first-order valence-corrected chi connectivity index (χ1v) is 7.77. The maximum atomic E-state index is 12.1. The van der Waals surface area contributed by atoms with Crippen LogP contribution in [0.15, 0.2) is 77.9 Å². The second-order valence-corrected chi connectivity index (χ2v) is 5.57. The van der Waals surface area contributed by atoms with Gasteiger partial charge in [0.1, 0.15) is 0 Å². The van der Waals surface area contributed by atoms with Gasteiger partial charge < -0.3 is 11.5 Å². The number of benzene rings is 3. The lowest BCUT2D eigenvalue weighted by Crippen LogP contribution is -2.17. The van der Waals surface area contributed by atoms with Crippen LogP contribution in [0.1, 0.15) is 15.9 Å². The Balaban J connectivity index is 1.64. The molecule has 0 saturated carbocycles. The van der Waals surface area contributed by atoms with Crippen LogP contribution >= 0.6 is 0 Å². The number of nitrogen functional groups attached to an aromatic ring is 2. The average Bonchev–Trinajstić information content (AvgIpc) is 2.64. The van der Waals surface area contributed by atoms with E-state index < -0.39 is 0 Å². The number of rotatable bonds is 4. The molecule has 3 rings (SSSR count). The second kappa shape index (κ2) is 7.31. The number of nitrogens with one attached hydrogen (secondary N) is 1. The average molecular weight is 330 g/mol. The second-order valence-electron chi connectivity index (χ2n) is 5.57. The molecule has 25 heavy (non-hydrogen) atoms. The molecule has 0 atom stereocenters. The molecule has 1 amide bonds.